The number of ether oxygens (including phenoxy) is 6. The SMILES string of the molecule is CCCCCC/C=C\CCCC(=O)OC(CCCCCCC)CCOC[C@H](COP(C)(=O)OCCNC(=O)C1OC(C)(C)OC1C(=O)NCCOP(C)(=O)OC[C@@H](COCCC(CCCCCCC)OC(=O)CCC/C=C\CCCCCC)NC(=O)CCCCCCCCCCCCC)NC(=O)CCCCCCCCCCCCC. The first kappa shape index (κ1) is 109. The lowest BCUT2D eigenvalue weighted by molar-refractivity contribution is -0.159. The summed E-state index contributed by atoms with van der Waals surface area (Å²) in [6.07, 6.45) is 60.5. The number of hydrogen-bond donors (Lipinski definition) is 4. The average Bonchev–Trinajstić information content (AvgIpc) is 1.66. The van der Waals surface area contributed by atoms with Crippen molar-refractivity contribution in [1.82, 2.24) is 21.3 Å². The molecular formula is C91H172N4O18P2. The molecule has 4 N–H and O–H groups in total. The Balaban J connectivity index is 2.99. The number of esters is 2. The first-order chi connectivity index (χ1) is 55.6. The Morgan fingerprint density at radius 2 is 0.635 bits per heavy atom. The number of hydrogen-bond acceptors (Lipinski definition) is 18. The third-order valence-electron chi connectivity index (χ3n) is 20.8. The van der Waals surface area contributed by atoms with Gasteiger partial charge < -0.3 is 67.8 Å². The Labute approximate surface area is 700 Å². The maximum absolute atomic E-state index is 13.8. The van der Waals surface area contributed by atoms with Crippen molar-refractivity contribution in [2.24, 2.45) is 0 Å². The molecule has 4 amide bonds. The van der Waals surface area contributed by atoms with Gasteiger partial charge >= 0.3 is 27.1 Å². The van der Waals surface area contributed by atoms with Gasteiger partial charge in [-0.25, -0.2) is 0 Å². The summed E-state index contributed by atoms with van der Waals surface area (Å²) in [7, 11) is -7.57. The molecule has 0 saturated carbocycles. The molecule has 0 spiro atoms. The molecule has 1 rings (SSSR count). The molecular weight excluding hydrogens is 1500 g/mol. The quantitative estimate of drug-likeness (QED) is 0.0191. The van der Waals surface area contributed by atoms with Crippen molar-refractivity contribution in [3.05, 3.63) is 24.3 Å². The summed E-state index contributed by atoms with van der Waals surface area (Å²) in [5, 5.41) is 11.5. The third kappa shape index (κ3) is 67.8. The Bertz CT molecular complexity index is 2380. The second-order valence-electron chi connectivity index (χ2n) is 32.7. The van der Waals surface area contributed by atoms with Crippen LogP contribution in [0.1, 0.15) is 402 Å². The molecule has 0 radical (unpaired) electrons. The predicted molar refractivity (Wildman–Crippen MR) is 468 cm³/mol. The number of amides is 4. The van der Waals surface area contributed by atoms with Gasteiger partial charge in [-0.3, -0.25) is 37.9 Å². The van der Waals surface area contributed by atoms with E-state index in [1.165, 1.54) is 155 Å². The standard InChI is InChI=1S/C91H172N4O18P2/c1-11-17-23-29-33-37-39-43-45-51-57-63-83(96)94-79(75-104-71-67-81(61-55-49-27-21-15-5)110-85(98)65-59-53-47-41-35-31-25-19-13-3)77-108-114(9,102)106-73-69-92-89(100)87-88(113-91(7,8)112-87)90(101)93-70-74-107-115(10,103)109-78-80(95-84(97)64-58-52-46-44-40-38-34-30-24-18-12-2)76-105-72-68-82(62-56-50-28-22-16-6)111-86(99)66-60-54-48-42-36-32-26-20-14-4/h41-42,47-48,79-82,87-88H,11-40,43-46,49-78H2,1-10H3,(H,92,100)(H,93,101)(H,94,96)(H,95,97)/b47-41-,48-42-/t79-,80-,81?,82?,87?,88?,114?,115?/m1/s1. The van der Waals surface area contributed by atoms with Gasteiger partial charge in [0.1, 0.15) is 12.2 Å². The summed E-state index contributed by atoms with van der Waals surface area (Å²) in [6, 6.07) is -1.35. The van der Waals surface area contributed by atoms with Gasteiger partial charge in [0.25, 0.3) is 11.8 Å². The Morgan fingerprint density at radius 3 is 0.957 bits per heavy atom. The van der Waals surface area contributed by atoms with Gasteiger partial charge in [-0.1, -0.05) is 284 Å². The molecule has 6 unspecified atom stereocenters. The maximum Gasteiger partial charge on any atom is 0.327 e. The van der Waals surface area contributed by atoms with E-state index in [0.29, 0.717) is 38.5 Å². The van der Waals surface area contributed by atoms with Crippen LogP contribution >= 0.6 is 15.2 Å². The lowest BCUT2D eigenvalue weighted by Crippen LogP contribution is -2.48. The Kier molecular flexibility index (Phi) is 71.8. The van der Waals surface area contributed by atoms with Crippen LogP contribution in [-0.2, 0) is 84.4 Å². The zero-order valence-corrected chi connectivity index (χ0v) is 76.6. The van der Waals surface area contributed by atoms with Crippen molar-refractivity contribution in [3.63, 3.8) is 0 Å². The van der Waals surface area contributed by atoms with Gasteiger partial charge in [-0.05, 0) is 104 Å². The third-order valence-corrected chi connectivity index (χ3v) is 23.3. The van der Waals surface area contributed by atoms with Gasteiger partial charge in [0.15, 0.2) is 18.0 Å². The molecule has 0 aromatic heterocycles. The number of nitrogens with one attached hydrogen (secondary N) is 4. The van der Waals surface area contributed by atoms with Crippen LogP contribution in [0.25, 0.3) is 0 Å². The summed E-state index contributed by atoms with van der Waals surface area (Å²) in [5.41, 5.74) is 0. The van der Waals surface area contributed by atoms with Crippen LogP contribution < -0.4 is 21.3 Å². The summed E-state index contributed by atoms with van der Waals surface area (Å²) in [4.78, 5) is 80.5. The van der Waals surface area contributed by atoms with Crippen molar-refractivity contribution in [3.8, 4) is 0 Å². The minimum absolute atomic E-state index is 0.0540. The molecule has 1 aliphatic heterocycles. The van der Waals surface area contributed by atoms with Crippen molar-refractivity contribution < 1.29 is 84.4 Å². The monoisotopic (exact) mass is 1670 g/mol. The van der Waals surface area contributed by atoms with Crippen LogP contribution in [0.3, 0.4) is 0 Å². The van der Waals surface area contributed by atoms with Crippen LogP contribution in [0.2, 0.25) is 0 Å². The maximum atomic E-state index is 13.8. The average molecular weight is 1670 g/mol. The highest BCUT2D eigenvalue weighted by Crippen LogP contribution is 2.44. The molecule has 1 saturated heterocycles. The highest BCUT2D eigenvalue weighted by molar-refractivity contribution is 7.53. The fourth-order valence-electron chi connectivity index (χ4n) is 13.8. The topological polar surface area (TPSA) is 277 Å². The minimum atomic E-state index is -3.78. The van der Waals surface area contributed by atoms with Crippen molar-refractivity contribution >= 4 is 50.8 Å². The van der Waals surface area contributed by atoms with E-state index in [9.17, 15) is 37.9 Å². The molecule has 115 heavy (non-hydrogen) atoms. The van der Waals surface area contributed by atoms with Gasteiger partial charge in [-0.2, -0.15) is 0 Å². The highest BCUT2D eigenvalue weighted by Gasteiger charge is 2.49. The van der Waals surface area contributed by atoms with E-state index in [4.69, 9.17) is 46.5 Å². The van der Waals surface area contributed by atoms with Crippen molar-refractivity contribution in [2.45, 2.75) is 444 Å². The summed E-state index contributed by atoms with van der Waals surface area (Å²) < 4.78 is 87.1. The Hall–Kier alpha value is -3.56. The number of rotatable bonds is 84. The van der Waals surface area contributed by atoms with E-state index in [0.717, 1.165) is 167 Å². The first-order valence-electron chi connectivity index (χ1n) is 46.7. The minimum Gasteiger partial charge on any atom is -0.462 e. The van der Waals surface area contributed by atoms with Gasteiger partial charge in [0, 0.05) is 64.9 Å². The van der Waals surface area contributed by atoms with Crippen molar-refractivity contribution in [1.29, 1.82) is 0 Å². The van der Waals surface area contributed by atoms with E-state index in [1.54, 1.807) is 13.8 Å². The first-order valence-corrected chi connectivity index (χ1v) is 50.7. The van der Waals surface area contributed by atoms with E-state index < -0.39 is 57.1 Å². The molecule has 1 aliphatic rings. The molecule has 1 heterocycles. The zero-order valence-electron chi connectivity index (χ0n) is 74.8. The summed E-state index contributed by atoms with van der Waals surface area (Å²) in [5.74, 6) is -3.45. The fraction of sp³-hybridized carbons (Fsp3) is 0.890. The number of allylic oxidation sites excluding steroid dienone is 4. The van der Waals surface area contributed by atoms with Crippen LogP contribution in [-0.4, -0.2) is 157 Å². The van der Waals surface area contributed by atoms with Crippen LogP contribution in [0.5, 0.6) is 0 Å². The molecule has 8 atom stereocenters. The smallest absolute Gasteiger partial charge is 0.327 e. The summed E-state index contributed by atoms with van der Waals surface area (Å²) in [6.45, 7) is 18.6. The molecule has 0 bridgehead atoms. The summed E-state index contributed by atoms with van der Waals surface area (Å²) >= 11 is 0. The molecule has 0 aromatic rings. The molecule has 1 fully saturated rings. The van der Waals surface area contributed by atoms with Gasteiger partial charge in [-0.15, -0.1) is 0 Å². The molecule has 24 heteroatoms. The highest BCUT2D eigenvalue weighted by atomic mass is 31.2. The predicted octanol–water partition coefficient (Wildman–Crippen LogP) is 22.6. The van der Waals surface area contributed by atoms with Gasteiger partial charge in [0.05, 0.1) is 64.9 Å². The zero-order chi connectivity index (χ0) is 84.4. The van der Waals surface area contributed by atoms with Crippen LogP contribution in [0.15, 0.2) is 24.3 Å². The number of unbranched alkanes of at least 4 members (excludes halogenated alkanes) is 38. The van der Waals surface area contributed by atoms with Gasteiger partial charge in [0.2, 0.25) is 11.8 Å². The van der Waals surface area contributed by atoms with E-state index in [2.05, 4.69) is 87.1 Å². The molecule has 22 nitrogen and oxygen atoms in total. The number of carbonyl (C=O) groups is 6. The Morgan fingerprint density at radius 1 is 0.348 bits per heavy atom. The lowest BCUT2D eigenvalue weighted by atomic mass is 10.1. The van der Waals surface area contributed by atoms with Crippen LogP contribution in [0, 0.1) is 0 Å². The molecule has 0 aliphatic carbocycles. The second-order valence-corrected chi connectivity index (χ2v) is 36.9. The van der Waals surface area contributed by atoms with E-state index in [-0.39, 0.29) is 102 Å². The van der Waals surface area contributed by atoms with E-state index in [1.807, 2.05) is 0 Å². The normalized spacial score (nSPS) is 16.3. The second kappa shape index (κ2) is 75.4. The lowest BCUT2D eigenvalue weighted by Gasteiger charge is -2.23. The largest absolute Gasteiger partial charge is 0.462 e. The van der Waals surface area contributed by atoms with Crippen molar-refractivity contribution in [2.75, 3.05) is 79.3 Å². The molecule has 0 aromatic carbocycles. The number of carbonyl (C=O) groups excluding carboxylic acids is 6. The van der Waals surface area contributed by atoms with Crippen LogP contribution in [0.4, 0.5) is 0 Å². The molecule has 674 valence electrons. The van der Waals surface area contributed by atoms with E-state index >= 15 is 0 Å². The fourth-order valence-corrected chi connectivity index (χ4v) is 15.7.